The number of nitrogens with zero attached hydrogens (tertiary/aromatic N) is 1. The van der Waals surface area contributed by atoms with Crippen LogP contribution in [0.25, 0.3) is 0 Å². The minimum Gasteiger partial charge on any atom is -0.493 e. The van der Waals surface area contributed by atoms with Gasteiger partial charge < -0.3 is 14.8 Å². The Labute approximate surface area is 161 Å². The van der Waals surface area contributed by atoms with Gasteiger partial charge in [0, 0.05) is 25.6 Å². The van der Waals surface area contributed by atoms with Crippen molar-refractivity contribution in [2.75, 3.05) is 34.4 Å². The summed E-state index contributed by atoms with van der Waals surface area (Å²) < 4.78 is 10.6. The zero-order valence-corrected chi connectivity index (χ0v) is 16.3. The van der Waals surface area contributed by atoms with E-state index < -0.39 is 0 Å². The maximum absolute atomic E-state index is 12.5. The molecule has 1 amide bonds. The predicted molar refractivity (Wildman–Crippen MR) is 106 cm³/mol. The zero-order chi connectivity index (χ0) is 19.2. The lowest BCUT2D eigenvalue weighted by Gasteiger charge is -2.34. The van der Waals surface area contributed by atoms with Gasteiger partial charge in [-0.25, -0.2) is 0 Å². The molecular weight excluding hydrogens is 340 g/mol. The molecule has 27 heavy (non-hydrogen) atoms. The molecule has 1 unspecified atom stereocenters. The molecule has 0 saturated heterocycles. The van der Waals surface area contributed by atoms with E-state index in [9.17, 15) is 4.79 Å². The van der Waals surface area contributed by atoms with Crippen molar-refractivity contribution in [3.63, 3.8) is 0 Å². The van der Waals surface area contributed by atoms with Crippen LogP contribution in [0.1, 0.15) is 29.2 Å². The smallest absolute Gasteiger partial charge is 0.221 e. The Balaban J connectivity index is 1.55. The highest BCUT2D eigenvalue weighted by atomic mass is 16.5. The highest BCUT2D eigenvalue weighted by Crippen LogP contribution is 2.31. The van der Waals surface area contributed by atoms with Crippen LogP contribution < -0.4 is 14.8 Å². The fourth-order valence-corrected chi connectivity index (χ4v) is 3.67. The summed E-state index contributed by atoms with van der Waals surface area (Å²) in [7, 11) is 5.34. The van der Waals surface area contributed by atoms with E-state index in [2.05, 4.69) is 41.5 Å². The Morgan fingerprint density at radius 2 is 1.93 bits per heavy atom. The lowest BCUT2D eigenvalue weighted by Crippen LogP contribution is -2.36. The van der Waals surface area contributed by atoms with Crippen molar-refractivity contribution in [2.24, 2.45) is 0 Å². The minimum absolute atomic E-state index is 0.0871. The second-order valence-corrected chi connectivity index (χ2v) is 6.94. The quantitative estimate of drug-likeness (QED) is 0.816. The van der Waals surface area contributed by atoms with Gasteiger partial charge in [0.05, 0.1) is 14.2 Å². The lowest BCUT2D eigenvalue weighted by atomic mass is 9.91. The summed E-state index contributed by atoms with van der Waals surface area (Å²) >= 11 is 0. The molecule has 144 valence electrons. The normalized spacial score (nSPS) is 16.5. The van der Waals surface area contributed by atoms with Crippen molar-refractivity contribution in [1.29, 1.82) is 0 Å². The minimum atomic E-state index is 0.0871. The van der Waals surface area contributed by atoms with Crippen molar-refractivity contribution < 1.29 is 14.3 Å². The Kier molecular flexibility index (Phi) is 6.35. The molecule has 0 fully saturated rings. The van der Waals surface area contributed by atoms with E-state index >= 15 is 0 Å². The van der Waals surface area contributed by atoms with Crippen LogP contribution in [0.4, 0.5) is 0 Å². The van der Waals surface area contributed by atoms with Crippen LogP contribution in [-0.4, -0.2) is 45.2 Å². The second kappa shape index (κ2) is 8.91. The Morgan fingerprint density at radius 1 is 1.15 bits per heavy atom. The van der Waals surface area contributed by atoms with Gasteiger partial charge in [-0.15, -0.1) is 0 Å². The van der Waals surface area contributed by atoms with Gasteiger partial charge in [0.2, 0.25) is 5.91 Å². The first-order chi connectivity index (χ1) is 13.1. The van der Waals surface area contributed by atoms with E-state index in [1.807, 2.05) is 18.2 Å². The fraction of sp³-hybridized carbons (Fsp3) is 0.409. The van der Waals surface area contributed by atoms with E-state index in [1.54, 1.807) is 14.2 Å². The third-order valence-electron chi connectivity index (χ3n) is 5.24. The molecule has 1 aliphatic heterocycles. The summed E-state index contributed by atoms with van der Waals surface area (Å²) in [6.07, 6.45) is 2.28. The fourth-order valence-electron chi connectivity index (χ4n) is 3.67. The van der Waals surface area contributed by atoms with Crippen molar-refractivity contribution in [2.45, 2.75) is 25.3 Å². The van der Waals surface area contributed by atoms with Crippen LogP contribution in [0.2, 0.25) is 0 Å². The molecule has 1 N–H and O–H groups in total. The summed E-state index contributed by atoms with van der Waals surface area (Å²) in [5.74, 6) is 1.51. The van der Waals surface area contributed by atoms with Gasteiger partial charge in [0.25, 0.3) is 0 Å². The SMILES string of the molecule is COc1ccc(CCNC(=O)CC2c3ccccc3CCN2C)cc1OC. The van der Waals surface area contributed by atoms with Gasteiger partial charge in [-0.3, -0.25) is 9.69 Å². The number of carbonyl (C=O) groups is 1. The summed E-state index contributed by atoms with van der Waals surface area (Å²) in [4.78, 5) is 14.8. The third kappa shape index (κ3) is 4.61. The van der Waals surface area contributed by atoms with Crippen LogP contribution in [0.3, 0.4) is 0 Å². The number of benzene rings is 2. The Morgan fingerprint density at radius 3 is 2.70 bits per heavy atom. The number of methoxy groups -OCH3 is 2. The molecule has 1 aliphatic rings. The standard InChI is InChI=1S/C22H28N2O3/c1-24-13-11-17-6-4-5-7-18(17)19(24)15-22(25)23-12-10-16-8-9-20(26-2)21(14-16)27-3/h4-9,14,19H,10-13,15H2,1-3H3,(H,23,25). The molecule has 5 heteroatoms. The molecule has 0 spiro atoms. The van der Waals surface area contributed by atoms with E-state index in [0.29, 0.717) is 24.5 Å². The van der Waals surface area contributed by atoms with Crippen molar-refractivity contribution in [3.8, 4) is 11.5 Å². The molecule has 0 aromatic heterocycles. The number of carbonyl (C=O) groups excluding carboxylic acids is 1. The highest BCUT2D eigenvalue weighted by molar-refractivity contribution is 5.77. The van der Waals surface area contributed by atoms with Gasteiger partial charge in [-0.05, 0) is 48.7 Å². The maximum atomic E-state index is 12.5. The number of hydrogen-bond donors (Lipinski definition) is 1. The van der Waals surface area contributed by atoms with Crippen molar-refractivity contribution in [3.05, 3.63) is 59.2 Å². The van der Waals surface area contributed by atoms with Gasteiger partial charge in [-0.2, -0.15) is 0 Å². The molecule has 0 bridgehead atoms. The first kappa shape index (κ1) is 19.2. The molecule has 3 rings (SSSR count). The molecule has 1 heterocycles. The summed E-state index contributed by atoms with van der Waals surface area (Å²) in [5.41, 5.74) is 3.74. The number of ether oxygens (including phenoxy) is 2. The predicted octanol–water partition coefficient (Wildman–Crippen LogP) is 2.98. The van der Waals surface area contributed by atoms with Crippen molar-refractivity contribution in [1.82, 2.24) is 10.2 Å². The van der Waals surface area contributed by atoms with Gasteiger partial charge in [-0.1, -0.05) is 30.3 Å². The van der Waals surface area contributed by atoms with E-state index in [0.717, 1.165) is 24.9 Å². The zero-order valence-electron chi connectivity index (χ0n) is 16.3. The van der Waals surface area contributed by atoms with Crippen LogP contribution >= 0.6 is 0 Å². The van der Waals surface area contributed by atoms with Crippen LogP contribution in [0.5, 0.6) is 11.5 Å². The number of nitrogens with one attached hydrogen (secondary N) is 1. The topological polar surface area (TPSA) is 50.8 Å². The van der Waals surface area contributed by atoms with E-state index in [1.165, 1.54) is 11.1 Å². The number of fused-ring (bicyclic) bond motifs is 1. The first-order valence-electron chi connectivity index (χ1n) is 9.38. The van der Waals surface area contributed by atoms with Crippen LogP contribution in [0.15, 0.2) is 42.5 Å². The molecule has 2 aromatic rings. The molecule has 1 atom stereocenters. The second-order valence-electron chi connectivity index (χ2n) is 6.94. The van der Waals surface area contributed by atoms with Gasteiger partial charge >= 0.3 is 0 Å². The Bertz CT molecular complexity index is 791. The van der Waals surface area contributed by atoms with Crippen LogP contribution in [-0.2, 0) is 17.6 Å². The number of rotatable bonds is 7. The number of likely N-dealkylation sites (N-methyl/N-ethyl adjacent to an activating group) is 1. The largest absolute Gasteiger partial charge is 0.493 e. The first-order valence-corrected chi connectivity index (χ1v) is 9.38. The third-order valence-corrected chi connectivity index (χ3v) is 5.24. The summed E-state index contributed by atoms with van der Waals surface area (Å²) in [6, 6.07) is 14.4. The molecular formula is C22H28N2O3. The van der Waals surface area contributed by atoms with Gasteiger partial charge in [0.1, 0.15) is 0 Å². The average Bonchev–Trinajstić information content (AvgIpc) is 2.70. The van der Waals surface area contributed by atoms with Crippen LogP contribution in [0, 0.1) is 0 Å². The maximum Gasteiger partial charge on any atom is 0.221 e. The number of hydrogen-bond acceptors (Lipinski definition) is 4. The molecule has 0 saturated carbocycles. The molecule has 2 aromatic carbocycles. The number of amides is 1. The summed E-state index contributed by atoms with van der Waals surface area (Å²) in [6.45, 7) is 1.59. The average molecular weight is 368 g/mol. The molecule has 0 radical (unpaired) electrons. The molecule has 0 aliphatic carbocycles. The highest BCUT2D eigenvalue weighted by Gasteiger charge is 2.26. The van der Waals surface area contributed by atoms with E-state index in [4.69, 9.17) is 9.47 Å². The monoisotopic (exact) mass is 368 g/mol. The van der Waals surface area contributed by atoms with E-state index in [-0.39, 0.29) is 11.9 Å². The summed E-state index contributed by atoms with van der Waals surface area (Å²) in [5, 5.41) is 3.06. The lowest BCUT2D eigenvalue weighted by molar-refractivity contribution is -0.122. The molecule has 5 nitrogen and oxygen atoms in total. The van der Waals surface area contributed by atoms with Gasteiger partial charge in [0.15, 0.2) is 11.5 Å². The van der Waals surface area contributed by atoms with Crippen molar-refractivity contribution >= 4 is 5.91 Å². The Hall–Kier alpha value is -2.53.